The van der Waals surface area contributed by atoms with E-state index in [1.54, 1.807) is 0 Å². The lowest BCUT2D eigenvalue weighted by molar-refractivity contribution is -0.0927. The molecule has 0 amide bonds. The van der Waals surface area contributed by atoms with Crippen LogP contribution in [0.25, 0.3) is 0 Å². The molecule has 0 bridgehead atoms. The Morgan fingerprint density at radius 3 is 2.46 bits per heavy atom. The van der Waals surface area contributed by atoms with Gasteiger partial charge in [0.1, 0.15) is 11.7 Å². The van der Waals surface area contributed by atoms with Crippen LogP contribution in [0.1, 0.15) is 28.8 Å². The highest BCUT2D eigenvalue weighted by Crippen LogP contribution is 2.36. The van der Waals surface area contributed by atoms with Crippen molar-refractivity contribution < 1.29 is 37.6 Å². The molecule has 2 aromatic carbocycles. The third-order valence-electron chi connectivity index (χ3n) is 4.42. The lowest BCUT2D eigenvalue weighted by atomic mass is 9.91. The van der Waals surface area contributed by atoms with E-state index in [2.05, 4.69) is 4.74 Å². The second-order valence-electron chi connectivity index (χ2n) is 6.30. The highest BCUT2D eigenvalue weighted by atomic mass is 19.2. The van der Waals surface area contributed by atoms with Gasteiger partial charge in [-0.3, -0.25) is 0 Å². The molecule has 0 aliphatic heterocycles. The molecule has 1 N–H and O–H groups in total. The van der Waals surface area contributed by atoms with Gasteiger partial charge in [0.2, 0.25) is 11.6 Å². The van der Waals surface area contributed by atoms with Crippen LogP contribution in [0.3, 0.4) is 0 Å². The van der Waals surface area contributed by atoms with E-state index < -0.39 is 40.8 Å². The van der Waals surface area contributed by atoms with Gasteiger partial charge in [0.15, 0.2) is 18.3 Å². The van der Waals surface area contributed by atoms with Gasteiger partial charge in [-0.2, -0.15) is 8.78 Å². The van der Waals surface area contributed by atoms with Crippen molar-refractivity contribution in [3.63, 3.8) is 0 Å². The lowest BCUT2D eigenvalue weighted by Gasteiger charge is -2.36. The van der Waals surface area contributed by atoms with Crippen LogP contribution < -0.4 is 9.47 Å². The zero-order valence-corrected chi connectivity index (χ0v) is 15.2. The maximum atomic E-state index is 14.5. The Kier molecular flexibility index (Phi) is 6.43. The molecule has 6 nitrogen and oxygen atoms in total. The van der Waals surface area contributed by atoms with Crippen LogP contribution in [0.15, 0.2) is 36.4 Å². The maximum absolute atomic E-state index is 14.5. The van der Waals surface area contributed by atoms with Crippen molar-refractivity contribution in [3.05, 3.63) is 59.2 Å². The highest BCUT2D eigenvalue weighted by molar-refractivity contribution is 5.91. The van der Waals surface area contributed by atoms with Crippen molar-refractivity contribution in [2.75, 3.05) is 13.9 Å². The molecule has 1 aliphatic rings. The minimum atomic E-state index is -1.46. The zero-order valence-electron chi connectivity index (χ0n) is 15.2. The number of halogens is 2. The van der Waals surface area contributed by atoms with Crippen molar-refractivity contribution in [2.24, 2.45) is 0 Å². The Hall–Kier alpha value is -2.71. The summed E-state index contributed by atoms with van der Waals surface area (Å²) in [6, 6.07) is 10.4. The summed E-state index contributed by atoms with van der Waals surface area (Å²) >= 11 is 0. The summed E-state index contributed by atoms with van der Waals surface area (Å²) in [7, 11) is 1.30. The second kappa shape index (κ2) is 8.99. The molecule has 0 heterocycles. The smallest absolute Gasteiger partial charge is 0.339 e. The number of carboxylic acid groups (broad SMARTS) is 1. The molecule has 0 unspecified atom stereocenters. The van der Waals surface area contributed by atoms with Crippen LogP contribution in [0, 0.1) is 11.6 Å². The van der Waals surface area contributed by atoms with Crippen molar-refractivity contribution in [2.45, 2.75) is 31.7 Å². The van der Waals surface area contributed by atoms with Crippen LogP contribution in [0.5, 0.6) is 11.5 Å². The largest absolute Gasteiger partial charge is 0.484 e. The molecule has 3 rings (SSSR count). The summed E-state index contributed by atoms with van der Waals surface area (Å²) in [5.74, 6) is -5.43. The quantitative estimate of drug-likeness (QED) is 0.653. The molecule has 1 aliphatic carbocycles. The first-order valence-corrected chi connectivity index (χ1v) is 8.70. The molecule has 0 radical (unpaired) electrons. The topological polar surface area (TPSA) is 74.2 Å². The van der Waals surface area contributed by atoms with E-state index in [9.17, 15) is 18.7 Å². The number of hydrogen-bond acceptors (Lipinski definition) is 5. The fourth-order valence-corrected chi connectivity index (χ4v) is 2.78. The first-order valence-electron chi connectivity index (χ1n) is 8.70. The van der Waals surface area contributed by atoms with Crippen molar-refractivity contribution in [3.8, 4) is 11.5 Å². The van der Waals surface area contributed by atoms with E-state index in [0.717, 1.165) is 11.6 Å². The van der Waals surface area contributed by atoms with Gasteiger partial charge in [0, 0.05) is 13.2 Å². The standard InChI is InChI=1S/C20H20F2O6/c1-25-11-27-16-9-13(20(23)24)19(18(22)17(16)21)28-15-8-7-14(15)26-10-12-5-3-2-4-6-12/h2-6,9,14-15H,7-8,10-11H2,1H3,(H,23,24)/t14-,15+/m0/s1. The fraction of sp³-hybridized carbons (Fsp3) is 0.350. The van der Waals surface area contributed by atoms with E-state index in [-0.39, 0.29) is 12.9 Å². The number of methoxy groups -OCH3 is 1. The molecule has 2 atom stereocenters. The Morgan fingerprint density at radius 2 is 1.86 bits per heavy atom. The van der Waals surface area contributed by atoms with Gasteiger partial charge in [0.05, 0.1) is 12.7 Å². The number of ether oxygens (including phenoxy) is 4. The van der Waals surface area contributed by atoms with Gasteiger partial charge in [-0.25, -0.2) is 4.79 Å². The van der Waals surface area contributed by atoms with Crippen molar-refractivity contribution in [1.29, 1.82) is 0 Å². The predicted molar refractivity (Wildman–Crippen MR) is 94.5 cm³/mol. The Morgan fingerprint density at radius 1 is 1.14 bits per heavy atom. The van der Waals surface area contributed by atoms with Crippen molar-refractivity contribution >= 4 is 5.97 Å². The molecule has 2 aromatic rings. The molecule has 8 heteroatoms. The molecule has 0 spiro atoms. The highest BCUT2D eigenvalue weighted by Gasteiger charge is 2.36. The van der Waals surface area contributed by atoms with E-state index in [1.165, 1.54) is 7.11 Å². The summed E-state index contributed by atoms with van der Waals surface area (Å²) in [4.78, 5) is 11.5. The Bertz CT molecular complexity index is 827. The predicted octanol–water partition coefficient (Wildman–Crippen LogP) is 3.77. The summed E-state index contributed by atoms with van der Waals surface area (Å²) in [6.07, 6.45) is 0.316. The molecule has 1 fully saturated rings. The average molecular weight is 394 g/mol. The fourth-order valence-electron chi connectivity index (χ4n) is 2.78. The van der Waals surface area contributed by atoms with Crippen LogP contribution >= 0.6 is 0 Å². The first kappa shape index (κ1) is 20.0. The van der Waals surface area contributed by atoms with Gasteiger partial charge in [-0.1, -0.05) is 30.3 Å². The van der Waals surface area contributed by atoms with Gasteiger partial charge in [-0.05, 0) is 18.4 Å². The van der Waals surface area contributed by atoms with E-state index in [4.69, 9.17) is 14.2 Å². The van der Waals surface area contributed by atoms with Crippen LogP contribution in [-0.4, -0.2) is 37.2 Å². The van der Waals surface area contributed by atoms with E-state index in [1.807, 2.05) is 30.3 Å². The van der Waals surface area contributed by atoms with Gasteiger partial charge in [-0.15, -0.1) is 0 Å². The third-order valence-corrected chi connectivity index (χ3v) is 4.42. The number of rotatable bonds is 9. The average Bonchev–Trinajstić information content (AvgIpc) is 2.68. The van der Waals surface area contributed by atoms with Gasteiger partial charge >= 0.3 is 5.97 Å². The van der Waals surface area contributed by atoms with Crippen LogP contribution in [0.4, 0.5) is 8.78 Å². The van der Waals surface area contributed by atoms with E-state index >= 15 is 0 Å². The number of carboxylic acids is 1. The normalized spacial score (nSPS) is 18.4. The molecule has 0 aromatic heterocycles. The number of hydrogen-bond donors (Lipinski definition) is 1. The first-order chi connectivity index (χ1) is 13.5. The summed E-state index contributed by atoms with van der Waals surface area (Å²) < 4.78 is 49.5. The monoisotopic (exact) mass is 394 g/mol. The summed E-state index contributed by atoms with van der Waals surface area (Å²) in [6.45, 7) is -0.00849. The maximum Gasteiger partial charge on any atom is 0.339 e. The Labute approximate surface area is 160 Å². The molecule has 28 heavy (non-hydrogen) atoms. The van der Waals surface area contributed by atoms with E-state index in [0.29, 0.717) is 19.4 Å². The number of benzene rings is 2. The summed E-state index contributed by atoms with van der Waals surface area (Å²) in [5.41, 5.74) is 0.440. The summed E-state index contributed by atoms with van der Waals surface area (Å²) in [5, 5.41) is 9.37. The lowest BCUT2D eigenvalue weighted by Crippen LogP contribution is -2.43. The van der Waals surface area contributed by atoms with Gasteiger partial charge in [0.25, 0.3) is 0 Å². The number of aromatic carboxylic acids is 1. The SMILES string of the molecule is COCOc1cc(C(=O)O)c(O[C@@H]2CC[C@@H]2OCc2ccccc2)c(F)c1F. The van der Waals surface area contributed by atoms with Crippen molar-refractivity contribution in [1.82, 2.24) is 0 Å². The molecular formula is C20H20F2O6. The Balaban J connectivity index is 1.73. The molecule has 0 saturated heterocycles. The number of carbonyl (C=O) groups is 1. The molecule has 150 valence electrons. The second-order valence-corrected chi connectivity index (χ2v) is 6.30. The van der Waals surface area contributed by atoms with Crippen LogP contribution in [-0.2, 0) is 16.1 Å². The third kappa shape index (κ3) is 4.40. The minimum Gasteiger partial charge on any atom is -0.484 e. The van der Waals surface area contributed by atoms with Crippen LogP contribution in [0.2, 0.25) is 0 Å². The zero-order chi connectivity index (χ0) is 20.1. The van der Waals surface area contributed by atoms with Gasteiger partial charge < -0.3 is 24.1 Å². The molecule has 1 saturated carbocycles. The minimum absolute atomic E-state index is 0.339. The molecular weight excluding hydrogens is 374 g/mol.